The normalized spacial score (nSPS) is 11.6. The summed E-state index contributed by atoms with van der Waals surface area (Å²) in [6.07, 6.45) is 0. The number of thiophene rings is 1. The smallest absolute Gasteiger partial charge is 0.0646 e. The highest BCUT2D eigenvalue weighted by Gasteiger charge is 2.17. The first kappa shape index (κ1) is 25.8. The van der Waals surface area contributed by atoms with Gasteiger partial charge in [0.05, 0.1) is 10.2 Å². The van der Waals surface area contributed by atoms with Gasteiger partial charge < -0.3 is 9.88 Å². The van der Waals surface area contributed by atoms with E-state index in [0.717, 1.165) is 17.1 Å². The number of nitrogens with one attached hydrogen (secondary N) is 1. The van der Waals surface area contributed by atoms with Crippen LogP contribution < -0.4 is 4.90 Å². The van der Waals surface area contributed by atoms with Crippen molar-refractivity contribution >= 4 is 70.4 Å². The molecular formula is C42H28N2S. The van der Waals surface area contributed by atoms with Crippen LogP contribution >= 0.6 is 11.3 Å². The third-order valence-electron chi connectivity index (χ3n) is 8.82. The van der Waals surface area contributed by atoms with Gasteiger partial charge in [-0.2, -0.15) is 0 Å². The van der Waals surface area contributed by atoms with Gasteiger partial charge in [-0.3, -0.25) is 0 Å². The van der Waals surface area contributed by atoms with Crippen LogP contribution in [0.4, 0.5) is 17.1 Å². The third kappa shape index (κ3) is 4.40. The Balaban J connectivity index is 1.20. The first-order valence-corrected chi connectivity index (χ1v) is 16.1. The van der Waals surface area contributed by atoms with Gasteiger partial charge in [-0.15, -0.1) is 11.3 Å². The highest BCUT2D eigenvalue weighted by Crippen LogP contribution is 2.44. The number of fused-ring (bicyclic) bond motifs is 7. The van der Waals surface area contributed by atoms with Gasteiger partial charge in [0, 0.05) is 48.8 Å². The minimum Gasteiger partial charge on any atom is -0.353 e. The number of aromatic nitrogens is 1. The molecule has 2 aromatic heterocycles. The van der Waals surface area contributed by atoms with Crippen molar-refractivity contribution in [3.63, 3.8) is 0 Å². The number of hydrogen-bond donors (Lipinski definition) is 1. The fourth-order valence-corrected chi connectivity index (χ4v) is 7.78. The summed E-state index contributed by atoms with van der Waals surface area (Å²) in [5, 5.41) is 5.12. The fourth-order valence-electron chi connectivity index (χ4n) is 6.59. The average molecular weight is 593 g/mol. The minimum atomic E-state index is 1.12. The van der Waals surface area contributed by atoms with Crippen molar-refractivity contribution in [2.45, 2.75) is 0 Å². The zero-order chi connectivity index (χ0) is 29.7. The van der Waals surface area contributed by atoms with Gasteiger partial charge in [-0.25, -0.2) is 0 Å². The van der Waals surface area contributed by atoms with Crippen LogP contribution in [-0.4, -0.2) is 4.98 Å². The molecule has 0 aliphatic heterocycles. The van der Waals surface area contributed by atoms with E-state index < -0.39 is 0 Å². The second-order valence-electron chi connectivity index (χ2n) is 11.5. The van der Waals surface area contributed by atoms with Gasteiger partial charge in [0.2, 0.25) is 0 Å². The molecule has 0 saturated carbocycles. The lowest BCUT2D eigenvalue weighted by molar-refractivity contribution is 1.29. The maximum Gasteiger partial charge on any atom is 0.0646 e. The highest BCUT2D eigenvalue weighted by molar-refractivity contribution is 7.26. The van der Waals surface area contributed by atoms with Crippen LogP contribution in [-0.2, 0) is 0 Å². The summed E-state index contributed by atoms with van der Waals surface area (Å²) in [6, 6.07) is 59.0. The minimum absolute atomic E-state index is 1.12. The van der Waals surface area contributed by atoms with Crippen molar-refractivity contribution in [3.8, 4) is 22.3 Å². The molecule has 0 radical (unpaired) electrons. The average Bonchev–Trinajstić information content (AvgIpc) is 3.68. The highest BCUT2D eigenvalue weighted by atomic mass is 32.1. The largest absolute Gasteiger partial charge is 0.353 e. The number of anilines is 3. The number of aromatic amines is 1. The molecule has 0 fully saturated rings. The van der Waals surface area contributed by atoms with Gasteiger partial charge in [0.1, 0.15) is 0 Å². The first-order chi connectivity index (χ1) is 22.3. The van der Waals surface area contributed by atoms with Crippen molar-refractivity contribution in [2.75, 3.05) is 4.90 Å². The van der Waals surface area contributed by atoms with E-state index in [9.17, 15) is 0 Å². The summed E-state index contributed by atoms with van der Waals surface area (Å²) in [5.74, 6) is 0. The molecule has 0 bridgehead atoms. The lowest BCUT2D eigenvalue weighted by Crippen LogP contribution is -2.09. The topological polar surface area (TPSA) is 19.0 Å². The molecule has 2 nitrogen and oxygen atoms in total. The molecule has 0 aliphatic carbocycles. The molecule has 0 aliphatic rings. The van der Waals surface area contributed by atoms with Crippen LogP contribution in [0.1, 0.15) is 0 Å². The van der Waals surface area contributed by atoms with Crippen molar-refractivity contribution in [1.29, 1.82) is 0 Å². The molecule has 9 rings (SSSR count). The van der Waals surface area contributed by atoms with E-state index >= 15 is 0 Å². The quantitative estimate of drug-likeness (QED) is 0.211. The number of para-hydroxylation sites is 1. The van der Waals surface area contributed by atoms with Gasteiger partial charge in [0.25, 0.3) is 0 Å². The van der Waals surface area contributed by atoms with E-state index in [-0.39, 0.29) is 0 Å². The summed E-state index contributed by atoms with van der Waals surface area (Å²) in [7, 11) is 0. The molecule has 2 heterocycles. The predicted octanol–water partition coefficient (Wildman–Crippen LogP) is 12.5. The summed E-state index contributed by atoms with van der Waals surface area (Å²) < 4.78 is 2.60. The molecule has 1 N–H and O–H groups in total. The Bertz CT molecular complexity index is 2370. The molecular weight excluding hydrogens is 565 g/mol. The van der Waals surface area contributed by atoms with Crippen LogP contribution in [0.2, 0.25) is 0 Å². The number of hydrogen-bond acceptors (Lipinski definition) is 2. The van der Waals surface area contributed by atoms with Crippen LogP contribution in [0.3, 0.4) is 0 Å². The Morgan fingerprint density at radius 3 is 1.58 bits per heavy atom. The van der Waals surface area contributed by atoms with Gasteiger partial charge in [0.15, 0.2) is 0 Å². The second kappa shape index (κ2) is 10.5. The zero-order valence-corrected chi connectivity index (χ0v) is 25.3. The summed E-state index contributed by atoms with van der Waals surface area (Å²) in [4.78, 5) is 6.08. The Morgan fingerprint density at radius 2 is 0.933 bits per heavy atom. The van der Waals surface area contributed by atoms with Crippen molar-refractivity contribution in [2.24, 2.45) is 0 Å². The summed E-state index contributed by atoms with van der Waals surface area (Å²) >= 11 is 1.87. The van der Waals surface area contributed by atoms with Crippen molar-refractivity contribution < 1.29 is 0 Å². The van der Waals surface area contributed by atoms with Gasteiger partial charge in [-0.05, 0) is 70.8 Å². The number of rotatable bonds is 5. The lowest BCUT2D eigenvalue weighted by atomic mass is 10.0. The Labute approximate surface area is 265 Å². The molecule has 9 aromatic rings. The molecule has 3 heteroatoms. The first-order valence-electron chi connectivity index (χ1n) is 15.3. The Hall–Kier alpha value is -5.64. The zero-order valence-electron chi connectivity index (χ0n) is 24.4. The lowest BCUT2D eigenvalue weighted by Gasteiger charge is -2.26. The van der Waals surface area contributed by atoms with Crippen molar-refractivity contribution in [1.82, 2.24) is 4.98 Å². The molecule has 0 atom stereocenters. The molecule has 7 aromatic carbocycles. The Kier molecular flexibility index (Phi) is 6.03. The van der Waals surface area contributed by atoms with E-state index in [1.54, 1.807) is 0 Å². The van der Waals surface area contributed by atoms with Crippen LogP contribution in [0.25, 0.3) is 64.2 Å². The standard InChI is InChI=1S/C42H28N2S/c1-3-9-28(10-4-1)30-15-19-32(20-16-30)44(33-21-17-31(18-22-33)29-11-5-2-6-12-29)34-23-26-40-38(27-34)37-25-24-36-35-13-7-8-14-39(35)43-41(36)42(37)45-40/h1-27,43H. The number of nitrogens with zero attached hydrogens (tertiary/aromatic N) is 1. The number of H-pyrrole nitrogens is 1. The van der Waals surface area contributed by atoms with Gasteiger partial charge in [-0.1, -0.05) is 115 Å². The fraction of sp³-hybridized carbons (Fsp3) is 0. The van der Waals surface area contributed by atoms with Crippen molar-refractivity contribution in [3.05, 3.63) is 164 Å². The molecule has 212 valence electrons. The predicted molar refractivity (Wildman–Crippen MR) is 194 cm³/mol. The SMILES string of the molecule is c1ccc(-c2ccc(N(c3ccc(-c4ccccc4)cc3)c3ccc4sc5c(ccc6c7ccccc7[nH]c65)c4c3)cc2)cc1. The third-order valence-corrected chi connectivity index (χ3v) is 10.0. The molecule has 0 unspecified atom stereocenters. The maximum absolute atomic E-state index is 3.71. The van der Waals surface area contributed by atoms with E-state index in [4.69, 9.17) is 0 Å². The van der Waals surface area contributed by atoms with Crippen LogP contribution in [0.15, 0.2) is 164 Å². The Morgan fingerprint density at radius 1 is 0.400 bits per heavy atom. The number of benzene rings is 7. The monoisotopic (exact) mass is 592 g/mol. The molecule has 0 spiro atoms. The van der Waals surface area contributed by atoms with Crippen LogP contribution in [0, 0.1) is 0 Å². The van der Waals surface area contributed by atoms with E-state index in [1.165, 1.54) is 64.2 Å². The summed E-state index contributed by atoms with van der Waals surface area (Å²) in [6.45, 7) is 0. The maximum atomic E-state index is 3.71. The van der Waals surface area contributed by atoms with E-state index in [1.807, 2.05) is 11.3 Å². The van der Waals surface area contributed by atoms with E-state index in [2.05, 4.69) is 174 Å². The van der Waals surface area contributed by atoms with Gasteiger partial charge >= 0.3 is 0 Å². The second-order valence-corrected chi connectivity index (χ2v) is 12.5. The molecule has 0 saturated heterocycles. The molecule has 45 heavy (non-hydrogen) atoms. The summed E-state index contributed by atoms with van der Waals surface area (Å²) in [5.41, 5.74) is 10.6. The van der Waals surface area contributed by atoms with Crippen LogP contribution in [0.5, 0.6) is 0 Å². The van der Waals surface area contributed by atoms with E-state index in [0.29, 0.717) is 0 Å². The molecule has 0 amide bonds.